The first-order valence-corrected chi connectivity index (χ1v) is 11.9. The van der Waals surface area contributed by atoms with E-state index in [0.717, 1.165) is 48.3 Å². The first kappa shape index (κ1) is 22.6. The van der Waals surface area contributed by atoms with Crippen LogP contribution in [0.3, 0.4) is 0 Å². The van der Waals surface area contributed by atoms with Crippen molar-refractivity contribution < 1.29 is 9.59 Å². The van der Waals surface area contributed by atoms with E-state index in [2.05, 4.69) is 41.7 Å². The van der Waals surface area contributed by atoms with Crippen molar-refractivity contribution in [3.8, 4) is 0 Å². The lowest BCUT2D eigenvalue weighted by Crippen LogP contribution is -2.43. The van der Waals surface area contributed by atoms with E-state index in [1.807, 2.05) is 43.3 Å². The van der Waals surface area contributed by atoms with Crippen molar-refractivity contribution in [2.45, 2.75) is 31.2 Å². The van der Waals surface area contributed by atoms with E-state index in [4.69, 9.17) is 0 Å². The van der Waals surface area contributed by atoms with Gasteiger partial charge >= 0.3 is 0 Å². The Morgan fingerprint density at radius 3 is 2.70 bits per heavy atom. The molecule has 1 aliphatic heterocycles. The molecule has 1 aromatic carbocycles. The number of nitrogens with zero attached hydrogens (tertiary/aromatic N) is 3. The quantitative estimate of drug-likeness (QED) is 0.547. The van der Waals surface area contributed by atoms with Crippen molar-refractivity contribution in [1.29, 1.82) is 0 Å². The number of rotatable bonds is 8. The monoisotopic (exact) mass is 491 g/mol. The van der Waals surface area contributed by atoms with E-state index in [1.54, 1.807) is 0 Å². The lowest BCUT2D eigenvalue weighted by Gasteiger charge is -2.32. The Hall–Kier alpha value is -2.13. The molecule has 0 unspecified atom stereocenters. The van der Waals surface area contributed by atoms with Crippen LogP contribution in [0.15, 0.2) is 45.9 Å². The third kappa shape index (κ3) is 6.70. The maximum atomic E-state index is 12.3. The molecule has 1 aliphatic rings. The maximum Gasteiger partial charge on any atom is 0.234 e. The van der Waals surface area contributed by atoms with Crippen LogP contribution in [-0.4, -0.2) is 47.4 Å². The van der Waals surface area contributed by atoms with E-state index in [-0.39, 0.29) is 23.5 Å². The molecule has 1 atom stereocenters. The van der Waals surface area contributed by atoms with Crippen LogP contribution in [0.25, 0.3) is 0 Å². The summed E-state index contributed by atoms with van der Waals surface area (Å²) in [6.07, 6.45) is 2.80. The highest BCUT2D eigenvalue weighted by Crippen LogP contribution is 2.23. The molecule has 0 saturated carbocycles. The SMILES string of the molecule is CCCNC(=O)[C@@H]1CCCN(c2ccc(SCC(=O)Nc3ccc(Br)cc3)nn2)C1. The molecule has 2 aromatic rings. The minimum absolute atomic E-state index is 0.0107. The minimum atomic E-state index is -0.0924. The molecule has 2 heterocycles. The molecule has 2 amide bonds. The lowest BCUT2D eigenvalue weighted by molar-refractivity contribution is -0.125. The standard InChI is InChI=1S/C21H26BrN5O2S/c1-2-11-23-21(29)15-4-3-12-27(13-15)18-9-10-20(26-25-18)30-14-19(28)24-17-7-5-16(22)6-8-17/h5-10,15H,2-4,11-14H2,1H3,(H,23,29)(H,24,28)/t15-/m1/s1. The van der Waals surface area contributed by atoms with E-state index >= 15 is 0 Å². The van der Waals surface area contributed by atoms with Crippen molar-refractivity contribution in [2.24, 2.45) is 5.92 Å². The van der Waals surface area contributed by atoms with Gasteiger partial charge in [0.05, 0.1) is 11.7 Å². The average Bonchev–Trinajstić information content (AvgIpc) is 2.78. The number of hydrogen-bond donors (Lipinski definition) is 2. The van der Waals surface area contributed by atoms with Crippen LogP contribution >= 0.6 is 27.7 Å². The summed E-state index contributed by atoms with van der Waals surface area (Å²) < 4.78 is 0.965. The second kappa shape index (κ2) is 11.3. The molecule has 9 heteroatoms. The predicted molar refractivity (Wildman–Crippen MR) is 124 cm³/mol. The molecule has 7 nitrogen and oxygen atoms in total. The van der Waals surface area contributed by atoms with Gasteiger partial charge in [-0.15, -0.1) is 10.2 Å². The number of hydrogen-bond acceptors (Lipinski definition) is 6. The van der Waals surface area contributed by atoms with Crippen molar-refractivity contribution in [3.05, 3.63) is 40.9 Å². The number of carbonyl (C=O) groups is 2. The van der Waals surface area contributed by atoms with E-state index in [9.17, 15) is 9.59 Å². The number of thioether (sulfide) groups is 1. The van der Waals surface area contributed by atoms with Gasteiger partial charge in [0.25, 0.3) is 0 Å². The highest BCUT2D eigenvalue weighted by atomic mass is 79.9. The van der Waals surface area contributed by atoms with Crippen LogP contribution in [0.5, 0.6) is 0 Å². The number of amides is 2. The van der Waals surface area contributed by atoms with Crippen molar-refractivity contribution in [2.75, 3.05) is 35.6 Å². The molecule has 30 heavy (non-hydrogen) atoms. The summed E-state index contributed by atoms with van der Waals surface area (Å²) in [6.45, 7) is 4.30. The molecule has 0 radical (unpaired) electrons. The van der Waals surface area contributed by atoms with Gasteiger partial charge in [0.15, 0.2) is 5.82 Å². The molecule has 0 aliphatic carbocycles. The predicted octanol–water partition coefficient (Wildman–Crippen LogP) is 3.71. The number of halogens is 1. The Morgan fingerprint density at radius 2 is 2.00 bits per heavy atom. The van der Waals surface area contributed by atoms with Gasteiger partial charge in [-0.3, -0.25) is 9.59 Å². The van der Waals surface area contributed by atoms with Crippen LogP contribution < -0.4 is 15.5 Å². The second-order valence-corrected chi connectivity index (χ2v) is 9.06. The van der Waals surface area contributed by atoms with Gasteiger partial charge in [0.1, 0.15) is 5.03 Å². The average molecular weight is 492 g/mol. The number of nitrogens with one attached hydrogen (secondary N) is 2. The first-order chi connectivity index (χ1) is 14.5. The Balaban J connectivity index is 1.48. The molecule has 160 valence electrons. The molecular weight excluding hydrogens is 466 g/mol. The van der Waals surface area contributed by atoms with Gasteiger partial charge in [0.2, 0.25) is 11.8 Å². The number of benzene rings is 1. The summed E-state index contributed by atoms with van der Waals surface area (Å²) in [5.41, 5.74) is 0.757. The van der Waals surface area contributed by atoms with Crippen LogP contribution in [0.2, 0.25) is 0 Å². The fourth-order valence-electron chi connectivity index (χ4n) is 3.22. The summed E-state index contributed by atoms with van der Waals surface area (Å²) >= 11 is 4.72. The molecule has 1 saturated heterocycles. The Morgan fingerprint density at radius 1 is 1.20 bits per heavy atom. The zero-order chi connectivity index (χ0) is 21.3. The lowest BCUT2D eigenvalue weighted by atomic mass is 9.97. The summed E-state index contributed by atoms with van der Waals surface area (Å²) in [6, 6.07) is 11.2. The van der Waals surface area contributed by atoms with Gasteiger partial charge < -0.3 is 15.5 Å². The van der Waals surface area contributed by atoms with Crippen LogP contribution in [-0.2, 0) is 9.59 Å². The molecule has 1 fully saturated rings. The Bertz CT molecular complexity index is 847. The molecule has 0 bridgehead atoms. The van der Waals surface area contributed by atoms with Crippen LogP contribution in [0.1, 0.15) is 26.2 Å². The highest BCUT2D eigenvalue weighted by Gasteiger charge is 2.26. The summed E-state index contributed by atoms with van der Waals surface area (Å²) in [5.74, 6) is 1.05. The van der Waals surface area contributed by atoms with Crippen LogP contribution in [0, 0.1) is 5.92 Å². The second-order valence-electron chi connectivity index (χ2n) is 7.15. The number of piperidine rings is 1. The van der Waals surface area contributed by atoms with E-state index < -0.39 is 0 Å². The molecule has 2 N–H and O–H groups in total. The smallest absolute Gasteiger partial charge is 0.234 e. The van der Waals surface area contributed by atoms with Gasteiger partial charge in [-0.1, -0.05) is 34.6 Å². The number of anilines is 2. The Kier molecular flexibility index (Phi) is 8.50. The maximum absolute atomic E-state index is 12.3. The Labute approximate surface area is 189 Å². The zero-order valence-electron chi connectivity index (χ0n) is 16.9. The first-order valence-electron chi connectivity index (χ1n) is 10.1. The molecule has 3 rings (SSSR count). The van der Waals surface area contributed by atoms with Crippen LogP contribution in [0.4, 0.5) is 11.5 Å². The van der Waals surface area contributed by atoms with Crippen molar-refractivity contribution >= 4 is 51.0 Å². The third-order valence-electron chi connectivity index (χ3n) is 4.77. The number of aromatic nitrogens is 2. The van der Waals surface area contributed by atoms with Crippen molar-refractivity contribution in [3.63, 3.8) is 0 Å². The molecular formula is C21H26BrN5O2S. The van der Waals surface area contributed by atoms with Gasteiger partial charge in [0, 0.05) is 29.8 Å². The van der Waals surface area contributed by atoms with Gasteiger partial charge in [-0.05, 0) is 55.7 Å². The minimum Gasteiger partial charge on any atom is -0.356 e. The fraction of sp³-hybridized carbons (Fsp3) is 0.429. The van der Waals surface area contributed by atoms with Crippen molar-refractivity contribution in [1.82, 2.24) is 15.5 Å². The summed E-state index contributed by atoms with van der Waals surface area (Å²) in [4.78, 5) is 26.5. The fourth-order valence-corrected chi connectivity index (χ4v) is 4.10. The third-order valence-corrected chi connectivity index (χ3v) is 6.22. The van der Waals surface area contributed by atoms with E-state index in [1.165, 1.54) is 11.8 Å². The highest BCUT2D eigenvalue weighted by molar-refractivity contribution is 9.10. The normalized spacial score (nSPS) is 16.2. The van der Waals surface area contributed by atoms with Gasteiger partial charge in [-0.25, -0.2) is 0 Å². The number of carbonyl (C=O) groups excluding carboxylic acids is 2. The summed E-state index contributed by atoms with van der Waals surface area (Å²) in [7, 11) is 0. The van der Waals surface area contributed by atoms with Gasteiger partial charge in [-0.2, -0.15) is 0 Å². The largest absolute Gasteiger partial charge is 0.356 e. The summed E-state index contributed by atoms with van der Waals surface area (Å²) in [5, 5.41) is 15.1. The van der Waals surface area contributed by atoms with E-state index in [0.29, 0.717) is 11.6 Å². The molecule has 1 aromatic heterocycles. The molecule has 0 spiro atoms. The topological polar surface area (TPSA) is 87.2 Å². The zero-order valence-corrected chi connectivity index (χ0v) is 19.3.